The van der Waals surface area contributed by atoms with E-state index in [4.69, 9.17) is 12.2 Å². The third-order valence-electron chi connectivity index (χ3n) is 2.95. The monoisotopic (exact) mass is 310 g/mol. The third-order valence-corrected chi connectivity index (χ3v) is 6.09. The van der Waals surface area contributed by atoms with Crippen LogP contribution in [0, 0.1) is 4.77 Å². The molecule has 1 atom stereocenters. The van der Waals surface area contributed by atoms with Gasteiger partial charge in [0.05, 0.1) is 0 Å². The zero-order valence-electron chi connectivity index (χ0n) is 10.3. The first-order valence-corrected chi connectivity index (χ1v) is 8.71. The molecule has 0 amide bonds. The minimum Gasteiger partial charge on any atom is -0.299 e. The summed E-state index contributed by atoms with van der Waals surface area (Å²) in [6.07, 6.45) is 3.59. The first kappa shape index (κ1) is 13.2. The van der Waals surface area contributed by atoms with Crippen molar-refractivity contribution >= 4 is 35.7 Å². The van der Waals surface area contributed by atoms with Crippen LogP contribution in [0.5, 0.6) is 0 Å². The van der Waals surface area contributed by atoms with Crippen molar-refractivity contribution in [3.8, 4) is 11.4 Å². The number of hydrogen-bond donors (Lipinski definition) is 1. The molecule has 0 aliphatic carbocycles. The number of nitrogens with zero attached hydrogens (tertiary/aromatic N) is 3. The number of rotatable bonds is 3. The van der Waals surface area contributed by atoms with Crippen LogP contribution in [0.15, 0.2) is 24.5 Å². The first-order chi connectivity index (χ1) is 9.34. The second kappa shape index (κ2) is 6.11. The summed E-state index contributed by atoms with van der Waals surface area (Å²) in [4.78, 5) is 4.15. The maximum absolute atomic E-state index is 5.35. The Labute approximate surface area is 125 Å². The summed E-state index contributed by atoms with van der Waals surface area (Å²) < 4.78 is 2.78. The van der Waals surface area contributed by atoms with E-state index in [0.29, 0.717) is 10.0 Å². The quantitative estimate of drug-likeness (QED) is 0.883. The predicted molar refractivity (Wildman–Crippen MR) is 84.2 cm³/mol. The van der Waals surface area contributed by atoms with E-state index in [0.717, 1.165) is 17.9 Å². The van der Waals surface area contributed by atoms with Gasteiger partial charge in [-0.05, 0) is 24.4 Å². The first-order valence-electron chi connectivity index (χ1n) is 6.09. The minimum atomic E-state index is 0.610. The molecule has 1 fully saturated rings. The van der Waals surface area contributed by atoms with Crippen molar-refractivity contribution in [2.75, 3.05) is 17.3 Å². The number of aromatic nitrogens is 4. The molecule has 1 saturated heterocycles. The summed E-state index contributed by atoms with van der Waals surface area (Å²) in [5.41, 5.74) is 1.00. The van der Waals surface area contributed by atoms with Crippen molar-refractivity contribution in [3.05, 3.63) is 29.3 Å². The highest BCUT2D eigenvalue weighted by Gasteiger charge is 2.18. The minimum absolute atomic E-state index is 0.610. The van der Waals surface area contributed by atoms with Gasteiger partial charge in [0.25, 0.3) is 0 Å². The Morgan fingerprint density at radius 1 is 1.47 bits per heavy atom. The van der Waals surface area contributed by atoms with E-state index in [2.05, 4.69) is 19.7 Å². The summed E-state index contributed by atoms with van der Waals surface area (Å²) in [5, 5.41) is 7.85. The Morgan fingerprint density at radius 2 is 2.42 bits per heavy atom. The standard InChI is InChI=1S/C12H14N4S3/c17-12-15-14-11(9-2-1-3-13-6-9)16(12)7-10-8-18-4-5-19-10/h1-3,6,10H,4-5,7-8H2,(H,15,17). The number of H-pyrrole nitrogens is 1. The summed E-state index contributed by atoms with van der Waals surface area (Å²) in [5.74, 6) is 4.55. The molecule has 0 radical (unpaired) electrons. The zero-order chi connectivity index (χ0) is 13.1. The van der Waals surface area contributed by atoms with Gasteiger partial charge in [0.15, 0.2) is 10.6 Å². The molecule has 1 unspecified atom stereocenters. The van der Waals surface area contributed by atoms with Crippen LogP contribution in [-0.2, 0) is 6.54 Å². The van der Waals surface area contributed by atoms with Crippen LogP contribution < -0.4 is 0 Å². The van der Waals surface area contributed by atoms with Gasteiger partial charge in [-0.2, -0.15) is 28.6 Å². The van der Waals surface area contributed by atoms with Crippen molar-refractivity contribution in [1.82, 2.24) is 19.7 Å². The predicted octanol–water partition coefficient (Wildman–Crippen LogP) is 2.85. The molecule has 19 heavy (non-hydrogen) atoms. The molecule has 3 heterocycles. The highest BCUT2D eigenvalue weighted by atomic mass is 32.2. The molecule has 1 aliphatic rings. The van der Waals surface area contributed by atoms with Crippen LogP contribution in [0.2, 0.25) is 0 Å². The molecule has 7 heteroatoms. The number of nitrogens with one attached hydrogen (secondary N) is 1. The van der Waals surface area contributed by atoms with Gasteiger partial charge in [0.2, 0.25) is 0 Å². The lowest BCUT2D eigenvalue weighted by Gasteiger charge is -2.21. The van der Waals surface area contributed by atoms with Gasteiger partial charge in [0, 0.05) is 47.0 Å². The smallest absolute Gasteiger partial charge is 0.195 e. The SMILES string of the molecule is S=c1[nH]nc(-c2cccnc2)n1CC1CSCCS1. The van der Waals surface area contributed by atoms with Crippen molar-refractivity contribution in [1.29, 1.82) is 0 Å². The van der Waals surface area contributed by atoms with Gasteiger partial charge >= 0.3 is 0 Å². The molecule has 100 valence electrons. The van der Waals surface area contributed by atoms with Gasteiger partial charge in [-0.1, -0.05) is 0 Å². The van der Waals surface area contributed by atoms with E-state index in [1.54, 1.807) is 6.20 Å². The van der Waals surface area contributed by atoms with Gasteiger partial charge in [-0.15, -0.1) is 0 Å². The Morgan fingerprint density at radius 3 is 3.16 bits per heavy atom. The van der Waals surface area contributed by atoms with E-state index in [1.807, 2.05) is 41.9 Å². The molecule has 2 aromatic heterocycles. The lowest BCUT2D eigenvalue weighted by Crippen LogP contribution is -2.21. The maximum Gasteiger partial charge on any atom is 0.195 e. The van der Waals surface area contributed by atoms with Crippen LogP contribution in [-0.4, -0.2) is 42.3 Å². The summed E-state index contributed by atoms with van der Waals surface area (Å²) in [6.45, 7) is 0.914. The van der Waals surface area contributed by atoms with E-state index in [1.165, 1.54) is 17.3 Å². The second-order valence-corrected chi connectivity index (χ2v) is 7.22. The molecule has 1 aliphatic heterocycles. The van der Waals surface area contributed by atoms with Crippen LogP contribution in [0.25, 0.3) is 11.4 Å². The number of thioether (sulfide) groups is 2. The Balaban J connectivity index is 1.88. The van der Waals surface area contributed by atoms with E-state index < -0.39 is 0 Å². The largest absolute Gasteiger partial charge is 0.299 e. The van der Waals surface area contributed by atoms with Crippen LogP contribution in [0.3, 0.4) is 0 Å². The van der Waals surface area contributed by atoms with E-state index in [9.17, 15) is 0 Å². The van der Waals surface area contributed by atoms with Crippen LogP contribution >= 0.6 is 35.7 Å². The summed E-state index contributed by atoms with van der Waals surface area (Å²) in [7, 11) is 0. The average molecular weight is 310 g/mol. The lowest BCUT2D eigenvalue weighted by atomic mass is 10.2. The zero-order valence-corrected chi connectivity index (χ0v) is 12.7. The molecule has 1 N–H and O–H groups in total. The van der Waals surface area contributed by atoms with Gasteiger partial charge < -0.3 is 0 Å². The number of hydrogen-bond acceptors (Lipinski definition) is 5. The highest BCUT2D eigenvalue weighted by molar-refractivity contribution is 8.06. The number of pyridine rings is 1. The molecule has 0 aromatic carbocycles. The summed E-state index contributed by atoms with van der Waals surface area (Å²) >= 11 is 9.40. The van der Waals surface area contributed by atoms with E-state index >= 15 is 0 Å². The van der Waals surface area contributed by atoms with Crippen molar-refractivity contribution < 1.29 is 0 Å². The van der Waals surface area contributed by atoms with Gasteiger partial charge in [-0.25, -0.2) is 0 Å². The van der Waals surface area contributed by atoms with Crippen molar-refractivity contribution in [2.45, 2.75) is 11.8 Å². The molecule has 0 spiro atoms. The fourth-order valence-electron chi connectivity index (χ4n) is 2.05. The molecule has 0 bridgehead atoms. The lowest BCUT2D eigenvalue weighted by molar-refractivity contribution is 0.690. The van der Waals surface area contributed by atoms with Gasteiger partial charge in [0.1, 0.15) is 0 Å². The molecule has 0 saturated carbocycles. The van der Waals surface area contributed by atoms with Crippen molar-refractivity contribution in [3.63, 3.8) is 0 Å². The van der Waals surface area contributed by atoms with E-state index in [-0.39, 0.29) is 0 Å². The fraction of sp³-hybridized carbons (Fsp3) is 0.417. The number of aromatic amines is 1. The summed E-state index contributed by atoms with van der Waals surface area (Å²) in [6, 6.07) is 3.93. The van der Waals surface area contributed by atoms with Crippen LogP contribution in [0.1, 0.15) is 0 Å². The molecule has 2 aromatic rings. The molecular formula is C12H14N4S3. The molecule has 4 nitrogen and oxygen atoms in total. The van der Waals surface area contributed by atoms with Gasteiger partial charge in [-0.3, -0.25) is 14.6 Å². The molecule has 3 rings (SSSR count). The Hall–Kier alpha value is -0.790. The maximum atomic E-state index is 5.35. The Kier molecular flexibility index (Phi) is 4.24. The fourth-order valence-corrected chi connectivity index (χ4v) is 4.91. The second-order valence-electron chi connectivity index (χ2n) is 4.27. The average Bonchev–Trinajstić information content (AvgIpc) is 2.82. The highest BCUT2D eigenvalue weighted by Crippen LogP contribution is 2.26. The third kappa shape index (κ3) is 3.04. The van der Waals surface area contributed by atoms with Crippen LogP contribution in [0.4, 0.5) is 0 Å². The topological polar surface area (TPSA) is 46.5 Å². The normalized spacial score (nSPS) is 19.5. The van der Waals surface area contributed by atoms with Crippen molar-refractivity contribution in [2.24, 2.45) is 0 Å². The molecular weight excluding hydrogens is 296 g/mol. The Bertz CT molecular complexity index is 587.